The number of nitrogens with zero attached hydrogens (tertiary/aromatic N) is 1. The summed E-state index contributed by atoms with van der Waals surface area (Å²) in [7, 11) is 0. The van der Waals surface area contributed by atoms with Crippen molar-refractivity contribution < 1.29 is 13.2 Å². The van der Waals surface area contributed by atoms with Gasteiger partial charge in [-0.15, -0.1) is 0 Å². The average Bonchev–Trinajstić information content (AvgIpc) is 2.29. The maximum atomic E-state index is 12.5. The summed E-state index contributed by atoms with van der Waals surface area (Å²) in [5, 5.41) is 0.638. The van der Waals surface area contributed by atoms with Crippen LogP contribution in [-0.2, 0) is 6.54 Å². The molecule has 20 heavy (non-hydrogen) atoms. The Morgan fingerprint density at radius 1 is 1.25 bits per heavy atom. The number of hydrogen-bond acceptors (Lipinski definition) is 2. The van der Waals surface area contributed by atoms with Gasteiger partial charge in [0.15, 0.2) is 0 Å². The van der Waals surface area contributed by atoms with Crippen molar-refractivity contribution in [2.24, 2.45) is 11.7 Å². The van der Waals surface area contributed by atoms with E-state index in [-0.39, 0.29) is 6.04 Å². The SMILES string of the molecule is NC1CC(CC(F)(F)F)CN(Cc2ccccc2Cl)C1. The van der Waals surface area contributed by atoms with Gasteiger partial charge >= 0.3 is 6.18 Å². The minimum atomic E-state index is -4.13. The number of alkyl halides is 3. The van der Waals surface area contributed by atoms with Crippen molar-refractivity contribution in [2.75, 3.05) is 13.1 Å². The van der Waals surface area contributed by atoms with E-state index in [1.54, 1.807) is 6.07 Å². The zero-order valence-electron chi connectivity index (χ0n) is 11.0. The molecule has 0 aromatic heterocycles. The summed E-state index contributed by atoms with van der Waals surface area (Å²) in [6.45, 7) is 1.57. The highest BCUT2D eigenvalue weighted by molar-refractivity contribution is 6.31. The molecule has 0 aliphatic carbocycles. The highest BCUT2D eigenvalue weighted by Gasteiger charge is 2.35. The van der Waals surface area contributed by atoms with Gasteiger partial charge in [0.1, 0.15) is 0 Å². The van der Waals surface area contributed by atoms with Crippen LogP contribution in [0.3, 0.4) is 0 Å². The molecule has 1 saturated heterocycles. The van der Waals surface area contributed by atoms with Crippen LogP contribution in [0.2, 0.25) is 5.02 Å². The van der Waals surface area contributed by atoms with E-state index in [0.717, 1.165) is 5.56 Å². The third kappa shape index (κ3) is 4.65. The highest BCUT2D eigenvalue weighted by atomic mass is 35.5. The smallest absolute Gasteiger partial charge is 0.327 e. The minimum Gasteiger partial charge on any atom is -0.327 e. The van der Waals surface area contributed by atoms with E-state index in [4.69, 9.17) is 17.3 Å². The lowest BCUT2D eigenvalue weighted by molar-refractivity contribution is -0.148. The third-order valence-corrected chi connectivity index (χ3v) is 3.89. The van der Waals surface area contributed by atoms with Crippen LogP contribution in [0, 0.1) is 5.92 Å². The van der Waals surface area contributed by atoms with Crippen molar-refractivity contribution in [1.29, 1.82) is 0 Å². The zero-order chi connectivity index (χ0) is 14.8. The molecule has 2 atom stereocenters. The Bertz CT molecular complexity index is 450. The van der Waals surface area contributed by atoms with Gasteiger partial charge in [0.05, 0.1) is 0 Å². The van der Waals surface area contributed by atoms with Crippen LogP contribution in [0.25, 0.3) is 0 Å². The quantitative estimate of drug-likeness (QED) is 0.927. The van der Waals surface area contributed by atoms with E-state index in [1.807, 2.05) is 23.1 Å². The molecule has 0 amide bonds. The van der Waals surface area contributed by atoms with Crippen molar-refractivity contribution in [3.8, 4) is 0 Å². The molecule has 0 spiro atoms. The van der Waals surface area contributed by atoms with Crippen LogP contribution in [0.4, 0.5) is 13.2 Å². The highest BCUT2D eigenvalue weighted by Crippen LogP contribution is 2.30. The van der Waals surface area contributed by atoms with Crippen molar-refractivity contribution >= 4 is 11.6 Å². The van der Waals surface area contributed by atoms with Crippen LogP contribution in [0.15, 0.2) is 24.3 Å². The largest absolute Gasteiger partial charge is 0.389 e. The first-order chi connectivity index (χ1) is 9.33. The molecule has 6 heteroatoms. The maximum absolute atomic E-state index is 12.5. The zero-order valence-corrected chi connectivity index (χ0v) is 11.8. The lowest BCUT2D eigenvalue weighted by Gasteiger charge is -2.36. The predicted molar refractivity (Wildman–Crippen MR) is 73.5 cm³/mol. The molecule has 2 nitrogen and oxygen atoms in total. The molecule has 1 heterocycles. The summed E-state index contributed by atoms with van der Waals surface area (Å²) >= 11 is 6.08. The molecule has 1 aromatic carbocycles. The average molecular weight is 307 g/mol. The van der Waals surface area contributed by atoms with Gasteiger partial charge in [-0.05, 0) is 24.0 Å². The molecule has 0 radical (unpaired) electrons. The molecule has 2 unspecified atom stereocenters. The molecule has 1 fully saturated rings. The van der Waals surface area contributed by atoms with E-state index in [0.29, 0.717) is 31.1 Å². The Labute approximate surface area is 121 Å². The fourth-order valence-corrected chi connectivity index (χ4v) is 3.02. The van der Waals surface area contributed by atoms with Gasteiger partial charge in [0, 0.05) is 37.1 Å². The van der Waals surface area contributed by atoms with E-state index in [1.165, 1.54) is 0 Å². The first kappa shape index (κ1) is 15.6. The first-order valence-corrected chi connectivity index (χ1v) is 6.99. The molecular weight excluding hydrogens is 289 g/mol. The number of likely N-dealkylation sites (tertiary alicyclic amines) is 1. The van der Waals surface area contributed by atoms with Gasteiger partial charge in [-0.1, -0.05) is 29.8 Å². The van der Waals surface area contributed by atoms with Gasteiger partial charge in [-0.3, -0.25) is 4.90 Å². The van der Waals surface area contributed by atoms with Gasteiger partial charge in [-0.25, -0.2) is 0 Å². The van der Waals surface area contributed by atoms with Crippen LogP contribution < -0.4 is 5.73 Å². The number of nitrogens with two attached hydrogens (primary N) is 1. The van der Waals surface area contributed by atoms with Gasteiger partial charge in [0.25, 0.3) is 0 Å². The number of hydrogen-bond donors (Lipinski definition) is 1. The van der Waals surface area contributed by atoms with Crippen molar-refractivity contribution in [3.63, 3.8) is 0 Å². The van der Waals surface area contributed by atoms with E-state index in [2.05, 4.69) is 0 Å². The Balaban J connectivity index is 1.99. The van der Waals surface area contributed by atoms with Crippen molar-refractivity contribution in [2.45, 2.75) is 31.6 Å². The Morgan fingerprint density at radius 3 is 2.60 bits per heavy atom. The van der Waals surface area contributed by atoms with Crippen LogP contribution in [0.1, 0.15) is 18.4 Å². The molecule has 2 N–H and O–H groups in total. The summed E-state index contributed by atoms with van der Waals surface area (Å²) in [5.74, 6) is -0.429. The summed E-state index contributed by atoms with van der Waals surface area (Å²) in [4.78, 5) is 1.96. The summed E-state index contributed by atoms with van der Waals surface area (Å²) in [5.41, 5.74) is 6.81. The molecular formula is C14H18ClF3N2. The number of piperidine rings is 1. The van der Waals surface area contributed by atoms with E-state index < -0.39 is 18.5 Å². The predicted octanol–water partition coefficient (Wildman–Crippen LogP) is 3.44. The second-order valence-electron chi connectivity index (χ2n) is 5.47. The lowest BCUT2D eigenvalue weighted by atomic mass is 9.91. The molecule has 2 rings (SSSR count). The minimum absolute atomic E-state index is 0.210. The summed E-state index contributed by atoms with van der Waals surface area (Å²) in [6.07, 6.45) is -4.46. The molecule has 1 aliphatic rings. The van der Waals surface area contributed by atoms with Gasteiger partial charge in [-0.2, -0.15) is 13.2 Å². The second-order valence-corrected chi connectivity index (χ2v) is 5.87. The van der Waals surface area contributed by atoms with E-state index in [9.17, 15) is 13.2 Å². The standard InChI is InChI=1S/C14H18ClF3N2/c15-13-4-2-1-3-11(13)8-20-7-10(5-12(19)9-20)6-14(16,17)18/h1-4,10,12H,5-9,19H2. The Morgan fingerprint density at radius 2 is 1.95 bits per heavy atom. The molecule has 112 valence electrons. The van der Waals surface area contributed by atoms with Crippen LogP contribution in [-0.4, -0.2) is 30.2 Å². The monoisotopic (exact) mass is 306 g/mol. The van der Waals surface area contributed by atoms with Gasteiger partial charge in [0.2, 0.25) is 0 Å². The summed E-state index contributed by atoms with van der Waals surface area (Å²) in [6, 6.07) is 7.17. The van der Waals surface area contributed by atoms with Crippen molar-refractivity contribution in [3.05, 3.63) is 34.9 Å². The molecule has 1 aromatic rings. The Kier molecular flexibility index (Phi) is 4.94. The van der Waals surface area contributed by atoms with Crippen LogP contribution in [0.5, 0.6) is 0 Å². The van der Waals surface area contributed by atoms with E-state index >= 15 is 0 Å². The maximum Gasteiger partial charge on any atom is 0.389 e. The molecule has 0 bridgehead atoms. The lowest BCUT2D eigenvalue weighted by Crippen LogP contribution is -2.47. The van der Waals surface area contributed by atoms with Gasteiger partial charge < -0.3 is 5.73 Å². The number of benzene rings is 1. The van der Waals surface area contributed by atoms with Crippen LogP contribution >= 0.6 is 11.6 Å². The Hall–Kier alpha value is -0.780. The first-order valence-electron chi connectivity index (χ1n) is 6.61. The second kappa shape index (κ2) is 6.33. The number of rotatable bonds is 3. The topological polar surface area (TPSA) is 29.3 Å². The normalized spacial score (nSPS) is 24.9. The molecule has 1 aliphatic heterocycles. The summed E-state index contributed by atoms with van der Waals surface area (Å²) < 4.78 is 37.5. The number of halogens is 4. The third-order valence-electron chi connectivity index (χ3n) is 3.52. The fourth-order valence-electron chi connectivity index (χ4n) is 2.82. The van der Waals surface area contributed by atoms with Crippen molar-refractivity contribution in [1.82, 2.24) is 4.90 Å². The fraction of sp³-hybridized carbons (Fsp3) is 0.571. The molecule has 0 saturated carbocycles.